The van der Waals surface area contributed by atoms with Crippen molar-refractivity contribution in [3.63, 3.8) is 0 Å². The maximum atomic E-state index is 14.3. The van der Waals surface area contributed by atoms with Crippen molar-refractivity contribution in [3.05, 3.63) is 108 Å². The first-order chi connectivity index (χ1) is 20.4. The highest BCUT2D eigenvalue weighted by molar-refractivity contribution is 5.93. The van der Waals surface area contributed by atoms with Gasteiger partial charge in [-0.1, -0.05) is 105 Å². The van der Waals surface area contributed by atoms with Gasteiger partial charge in [0.1, 0.15) is 12.1 Å². The van der Waals surface area contributed by atoms with Gasteiger partial charge in [0.05, 0.1) is 6.04 Å². The first-order valence-electron chi connectivity index (χ1n) is 15.2. The number of amides is 3. The molecule has 8 heteroatoms. The van der Waals surface area contributed by atoms with E-state index in [0.717, 1.165) is 30.5 Å². The first-order valence-corrected chi connectivity index (χ1v) is 15.2. The van der Waals surface area contributed by atoms with Crippen molar-refractivity contribution < 1.29 is 14.4 Å². The molecular weight excluding hydrogens is 560 g/mol. The molecule has 0 saturated carbocycles. The number of halogens is 1. The Morgan fingerprint density at radius 1 is 0.860 bits per heavy atom. The summed E-state index contributed by atoms with van der Waals surface area (Å²) in [7, 11) is 0. The Hall–Kier alpha value is -3.68. The average Bonchev–Trinajstić information content (AvgIpc) is 3.45. The lowest BCUT2D eigenvalue weighted by Crippen LogP contribution is -2.61. The number of rotatable bonds is 9. The van der Waals surface area contributed by atoms with E-state index >= 15 is 0 Å². The van der Waals surface area contributed by atoms with Gasteiger partial charge in [-0.25, -0.2) is 0 Å². The predicted octanol–water partition coefficient (Wildman–Crippen LogP) is 5.11. The molecule has 2 aliphatic heterocycles. The zero-order chi connectivity index (χ0) is 29.5. The SMILES string of the molecule is CC[C@@H](C)C(=O)N[C@H]1CN(Cc2ccccc2)CC[C@H]2CC[C@@H](C(=O)NC(c3ccccc3)c3ccccc3)N2C1=O.Cl. The van der Waals surface area contributed by atoms with E-state index in [1.54, 1.807) is 4.90 Å². The fourth-order valence-electron chi connectivity index (χ4n) is 6.18. The van der Waals surface area contributed by atoms with Crippen molar-refractivity contribution >= 4 is 30.1 Å². The van der Waals surface area contributed by atoms with Crippen LogP contribution >= 0.6 is 12.4 Å². The van der Waals surface area contributed by atoms with Crippen molar-refractivity contribution in [2.75, 3.05) is 13.1 Å². The normalized spacial score (nSPS) is 21.2. The average molecular weight is 603 g/mol. The van der Waals surface area contributed by atoms with Gasteiger partial charge < -0.3 is 15.5 Å². The quantitative estimate of drug-likeness (QED) is 0.357. The molecule has 2 fully saturated rings. The van der Waals surface area contributed by atoms with E-state index in [4.69, 9.17) is 0 Å². The minimum atomic E-state index is -0.717. The van der Waals surface area contributed by atoms with Crippen molar-refractivity contribution in [3.8, 4) is 0 Å². The highest BCUT2D eigenvalue weighted by atomic mass is 35.5. The topological polar surface area (TPSA) is 81.8 Å². The lowest BCUT2D eigenvalue weighted by atomic mass is 9.98. The lowest BCUT2D eigenvalue weighted by Gasteiger charge is -2.39. The number of hydrogen-bond acceptors (Lipinski definition) is 4. The maximum Gasteiger partial charge on any atom is 0.247 e. The van der Waals surface area contributed by atoms with E-state index in [9.17, 15) is 14.4 Å². The third-order valence-corrected chi connectivity index (χ3v) is 8.75. The first kappa shape index (κ1) is 32.2. The fraction of sp³-hybridized carbons (Fsp3) is 0.400. The van der Waals surface area contributed by atoms with Gasteiger partial charge in [0.15, 0.2) is 0 Å². The molecule has 0 aliphatic carbocycles. The second-order valence-corrected chi connectivity index (χ2v) is 11.6. The molecule has 2 aliphatic rings. The molecule has 4 atom stereocenters. The molecule has 2 heterocycles. The summed E-state index contributed by atoms with van der Waals surface area (Å²) in [5.74, 6) is -0.641. The monoisotopic (exact) mass is 602 g/mol. The smallest absolute Gasteiger partial charge is 0.247 e. The van der Waals surface area contributed by atoms with Crippen LogP contribution in [0.1, 0.15) is 62.3 Å². The number of nitrogens with one attached hydrogen (secondary N) is 2. The lowest BCUT2D eigenvalue weighted by molar-refractivity contribution is -0.145. The van der Waals surface area contributed by atoms with Gasteiger partial charge in [0.2, 0.25) is 17.7 Å². The summed E-state index contributed by atoms with van der Waals surface area (Å²) in [4.78, 5) is 45.4. The van der Waals surface area contributed by atoms with Crippen molar-refractivity contribution in [1.29, 1.82) is 0 Å². The molecule has 43 heavy (non-hydrogen) atoms. The minimum Gasteiger partial charge on any atom is -0.343 e. The van der Waals surface area contributed by atoms with Crippen molar-refractivity contribution in [2.45, 2.75) is 70.2 Å². The van der Waals surface area contributed by atoms with Crippen LogP contribution in [-0.4, -0.2) is 58.7 Å². The van der Waals surface area contributed by atoms with Crippen LogP contribution in [0.15, 0.2) is 91.0 Å². The number of carbonyl (C=O) groups is 3. The summed E-state index contributed by atoms with van der Waals surface area (Å²) < 4.78 is 0. The highest BCUT2D eigenvalue weighted by Crippen LogP contribution is 2.31. The third kappa shape index (κ3) is 7.84. The minimum absolute atomic E-state index is 0. The zero-order valence-electron chi connectivity index (χ0n) is 25.0. The van der Waals surface area contributed by atoms with Gasteiger partial charge in [-0.15, -0.1) is 12.4 Å². The van der Waals surface area contributed by atoms with Crippen LogP contribution < -0.4 is 10.6 Å². The van der Waals surface area contributed by atoms with Gasteiger partial charge in [-0.3, -0.25) is 19.3 Å². The number of nitrogens with zero attached hydrogens (tertiary/aromatic N) is 2. The Balaban J connectivity index is 0.00000423. The molecule has 2 N–H and O–H groups in total. The number of carbonyl (C=O) groups excluding carboxylic acids is 3. The largest absolute Gasteiger partial charge is 0.343 e. The molecule has 0 spiro atoms. The molecule has 7 nitrogen and oxygen atoms in total. The van der Waals surface area contributed by atoms with Crippen LogP contribution in [0.4, 0.5) is 0 Å². The molecule has 3 aromatic rings. The molecular formula is C35H43ClN4O3. The van der Waals surface area contributed by atoms with Gasteiger partial charge in [-0.05, 0) is 42.4 Å². The van der Waals surface area contributed by atoms with Crippen LogP contribution in [0.3, 0.4) is 0 Å². The summed E-state index contributed by atoms with van der Waals surface area (Å²) in [6.45, 7) is 5.75. The summed E-state index contributed by atoms with van der Waals surface area (Å²) in [5.41, 5.74) is 3.15. The van der Waals surface area contributed by atoms with E-state index < -0.39 is 12.1 Å². The molecule has 3 aromatic carbocycles. The van der Waals surface area contributed by atoms with E-state index in [0.29, 0.717) is 25.9 Å². The number of fused-ring (bicyclic) bond motifs is 1. The number of hydrogen-bond donors (Lipinski definition) is 2. The van der Waals surface area contributed by atoms with Gasteiger partial charge >= 0.3 is 0 Å². The van der Waals surface area contributed by atoms with Crippen LogP contribution in [0.2, 0.25) is 0 Å². The Morgan fingerprint density at radius 2 is 1.44 bits per heavy atom. The Bertz CT molecular complexity index is 1300. The predicted molar refractivity (Wildman–Crippen MR) is 171 cm³/mol. The van der Waals surface area contributed by atoms with Crippen molar-refractivity contribution in [1.82, 2.24) is 20.4 Å². The summed E-state index contributed by atoms with van der Waals surface area (Å²) in [6.07, 6.45) is 2.84. The van der Waals surface area contributed by atoms with Gasteiger partial charge in [0.25, 0.3) is 0 Å². The molecule has 0 radical (unpaired) electrons. The molecule has 2 saturated heterocycles. The van der Waals surface area contributed by atoms with Gasteiger partial charge in [-0.2, -0.15) is 0 Å². The standard InChI is InChI=1S/C35H42N4O3.ClH/c1-3-25(2)33(40)36-30-24-38(23-26-13-7-4-8-14-26)22-21-29-19-20-31(39(29)35(30)42)34(41)37-32(27-15-9-5-10-16-27)28-17-11-6-12-18-28;/h4-18,25,29-32H,3,19-24H2,1-2H3,(H,36,40)(H,37,41);1H/t25-,29-,30+,31+;/m1./s1. The summed E-state index contributed by atoms with van der Waals surface area (Å²) >= 11 is 0. The van der Waals surface area contributed by atoms with E-state index in [1.165, 1.54) is 5.56 Å². The van der Waals surface area contributed by atoms with Crippen LogP contribution in [0.25, 0.3) is 0 Å². The summed E-state index contributed by atoms with van der Waals surface area (Å²) in [5, 5.41) is 6.34. The van der Waals surface area contributed by atoms with Crippen LogP contribution in [0, 0.1) is 5.92 Å². The highest BCUT2D eigenvalue weighted by Gasteiger charge is 2.45. The van der Waals surface area contributed by atoms with E-state index in [1.807, 2.05) is 92.7 Å². The van der Waals surface area contributed by atoms with Crippen LogP contribution in [-0.2, 0) is 20.9 Å². The molecule has 0 bridgehead atoms. The Morgan fingerprint density at radius 3 is 2.02 bits per heavy atom. The van der Waals surface area contributed by atoms with Crippen LogP contribution in [0.5, 0.6) is 0 Å². The molecule has 5 rings (SSSR count). The number of benzene rings is 3. The molecule has 228 valence electrons. The zero-order valence-corrected chi connectivity index (χ0v) is 25.8. The van der Waals surface area contributed by atoms with E-state index in [-0.39, 0.29) is 48.1 Å². The van der Waals surface area contributed by atoms with Gasteiger partial charge in [0, 0.05) is 31.6 Å². The summed E-state index contributed by atoms with van der Waals surface area (Å²) in [6, 6.07) is 28.4. The third-order valence-electron chi connectivity index (χ3n) is 8.75. The Labute approximate surface area is 261 Å². The molecule has 0 aromatic heterocycles. The van der Waals surface area contributed by atoms with E-state index in [2.05, 4.69) is 27.7 Å². The fourth-order valence-corrected chi connectivity index (χ4v) is 6.18. The second-order valence-electron chi connectivity index (χ2n) is 11.6. The Kier molecular flexibility index (Phi) is 11.4. The van der Waals surface area contributed by atoms with Crippen molar-refractivity contribution in [2.24, 2.45) is 5.92 Å². The molecule has 0 unspecified atom stereocenters. The second kappa shape index (κ2) is 15.2. The maximum absolute atomic E-state index is 14.3. The molecule has 3 amide bonds.